The van der Waals surface area contributed by atoms with Gasteiger partial charge in [-0.15, -0.1) is 0 Å². The third kappa shape index (κ3) is 4.49. The van der Waals surface area contributed by atoms with Gasteiger partial charge in [0.05, 0.1) is 0 Å². The van der Waals surface area contributed by atoms with Crippen molar-refractivity contribution in [3.8, 4) is 45.3 Å². The van der Waals surface area contributed by atoms with Gasteiger partial charge >= 0.3 is 0 Å². The van der Waals surface area contributed by atoms with E-state index in [-0.39, 0.29) is 0 Å². The number of aromatic nitrogens is 3. The molecule has 4 heteroatoms. The summed E-state index contributed by atoms with van der Waals surface area (Å²) < 4.78 is 6.63. The van der Waals surface area contributed by atoms with Crippen LogP contribution in [0.25, 0.3) is 99.5 Å². The Balaban J connectivity index is 1.27. The number of para-hydroxylation sites is 1. The minimum Gasteiger partial charge on any atom is -0.455 e. The van der Waals surface area contributed by atoms with Gasteiger partial charge in [-0.25, -0.2) is 15.0 Å². The molecule has 49 heavy (non-hydrogen) atoms. The molecule has 8 aromatic carbocycles. The molecule has 0 aliphatic heterocycles. The summed E-state index contributed by atoms with van der Waals surface area (Å²) in [6, 6.07) is 56.9. The molecule has 4 nitrogen and oxygen atoms in total. The summed E-state index contributed by atoms with van der Waals surface area (Å²) in [6.07, 6.45) is 0. The van der Waals surface area contributed by atoms with Crippen molar-refractivity contribution in [3.63, 3.8) is 0 Å². The van der Waals surface area contributed by atoms with E-state index in [4.69, 9.17) is 19.4 Å². The van der Waals surface area contributed by atoms with E-state index in [0.29, 0.717) is 17.5 Å². The van der Waals surface area contributed by atoms with Crippen molar-refractivity contribution in [3.05, 3.63) is 164 Å². The molecule has 0 spiro atoms. The molecule has 0 saturated heterocycles. The lowest BCUT2D eigenvalue weighted by Crippen LogP contribution is -2.00. The minimum absolute atomic E-state index is 0.610. The predicted octanol–water partition coefficient (Wildman–Crippen LogP) is 11.9. The zero-order valence-electron chi connectivity index (χ0n) is 26.3. The first kappa shape index (κ1) is 27.5. The number of nitrogens with zero attached hydrogens (tertiary/aromatic N) is 3. The highest BCUT2D eigenvalue weighted by atomic mass is 16.3. The van der Waals surface area contributed by atoms with Crippen LogP contribution < -0.4 is 0 Å². The van der Waals surface area contributed by atoms with Crippen molar-refractivity contribution in [1.82, 2.24) is 15.0 Å². The van der Waals surface area contributed by atoms with Crippen molar-refractivity contribution in [1.29, 1.82) is 0 Å². The highest BCUT2D eigenvalue weighted by Crippen LogP contribution is 2.42. The summed E-state index contributed by atoms with van der Waals surface area (Å²) in [6.45, 7) is 0. The van der Waals surface area contributed by atoms with Crippen LogP contribution in [0.4, 0.5) is 0 Å². The average Bonchev–Trinajstić information content (AvgIpc) is 3.57. The summed E-state index contributed by atoms with van der Waals surface area (Å²) >= 11 is 0. The highest BCUT2D eigenvalue weighted by Gasteiger charge is 2.19. The van der Waals surface area contributed by atoms with Crippen LogP contribution >= 0.6 is 0 Å². The molecule has 10 aromatic rings. The van der Waals surface area contributed by atoms with Gasteiger partial charge in [0, 0.05) is 33.0 Å². The number of benzene rings is 8. The molecule has 10 rings (SSSR count). The third-order valence-electron chi connectivity index (χ3n) is 9.49. The Kier molecular flexibility index (Phi) is 6.15. The monoisotopic (exact) mass is 625 g/mol. The Bertz CT molecular complexity index is 2780. The molecule has 0 saturated carbocycles. The maximum atomic E-state index is 6.63. The highest BCUT2D eigenvalue weighted by molar-refractivity contribution is 6.26. The fraction of sp³-hybridized carbons (Fsp3) is 0. The second-order valence-electron chi connectivity index (χ2n) is 12.4. The largest absolute Gasteiger partial charge is 0.455 e. The standard InChI is InChI=1S/C45H27N3O/c1-3-13-28(14-4-1)43-46-44(29-15-5-2-6-16-29)48-45(47-43)31-26-38(42-40(27-31)37-21-11-12-22-41(37)49-42)30-23-24-36-34-19-8-7-17-32(34)33-18-9-10-20-35(33)39(36)25-30/h1-27H. The summed E-state index contributed by atoms with van der Waals surface area (Å²) in [5.41, 5.74) is 6.52. The number of furan rings is 1. The fourth-order valence-corrected chi connectivity index (χ4v) is 7.18. The van der Waals surface area contributed by atoms with E-state index < -0.39 is 0 Å². The number of hydrogen-bond donors (Lipinski definition) is 0. The molecule has 0 aliphatic carbocycles. The van der Waals surface area contributed by atoms with Gasteiger partial charge < -0.3 is 4.42 Å². The quantitative estimate of drug-likeness (QED) is 0.183. The Labute approximate surface area is 282 Å². The summed E-state index contributed by atoms with van der Waals surface area (Å²) in [4.78, 5) is 15.1. The topological polar surface area (TPSA) is 51.8 Å². The molecule has 0 amide bonds. The molecular weight excluding hydrogens is 599 g/mol. The zero-order valence-corrected chi connectivity index (χ0v) is 26.3. The molecule has 0 atom stereocenters. The molecular formula is C45H27N3O. The maximum absolute atomic E-state index is 6.63. The second-order valence-corrected chi connectivity index (χ2v) is 12.4. The maximum Gasteiger partial charge on any atom is 0.164 e. The molecule has 228 valence electrons. The SMILES string of the molecule is c1ccc(-c2nc(-c3ccccc3)nc(-c3cc(-c4ccc5c6ccccc6c6ccccc6c5c4)c4oc5ccccc5c4c3)n2)cc1. The van der Waals surface area contributed by atoms with Crippen molar-refractivity contribution < 1.29 is 4.42 Å². The smallest absolute Gasteiger partial charge is 0.164 e. The van der Waals surface area contributed by atoms with E-state index in [9.17, 15) is 0 Å². The number of hydrogen-bond acceptors (Lipinski definition) is 4. The van der Waals surface area contributed by atoms with E-state index in [1.54, 1.807) is 0 Å². The lowest BCUT2D eigenvalue weighted by molar-refractivity contribution is 0.670. The van der Waals surface area contributed by atoms with Gasteiger partial charge in [0.1, 0.15) is 11.2 Å². The molecule has 0 fully saturated rings. The fourth-order valence-electron chi connectivity index (χ4n) is 7.18. The molecule has 0 N–H and O–H groups in total. The Hall–Kier alpha value is -6.65. The van der Waals surface area contributed by atoms with Crippen molar-refractivity contribution in [2.45, 2.75) is 0 Å². The van der Waals surface area contributed by atoms with Crippen molar-refractivity contribution in [2.75, 3.05) is 0 Å². The van der Waals surface area contributed by atoms with E-state index in [1.807, 2.05) is 72.8 Å². The van der Waals surface area contributed by atoms with E-state index in [0.717, 1.165) is 49.8 Å². The van der Waals surface area contributed by atoms with Gasteiger partial charge in [0.2, 0.25) is 0 Å². The Morgan fingerprint density at radius 3 is 1.35 bits per heavy atom. The van der Waals surface area contributed by atoms with Crippen LogP contribution in [-0.2, 0) is 0 Å². The lowest BCUT2D eigenvalue weighted by atomic mass is 9.91. The number of rotatable bonds is 4. The molecule has 0 aliphatic rings. The third-order valence-corrected chi connectivity index (χ3v) is 9.49. The van der Waals surface area contributed by atoms with Gasteiger partial charge in [-0.2, -0.15) is 0 Å². The van der Waals surface area contributed by atoms with Gasteiger partial charge in [-0.3, -0.25) is 0 Å². The minimum atomic E-state index is 0.610. The summed E-state index contributed by atoms with van der Waals surface area (Å²) in [5.74, 6) is 1.87. The van der Waals surface area contributed by atoms with Gasteiger partial charge in [0.25, 0.3) is 0 Å². The van der Waals surface area contributed by atoms with E-state index in [1.165, 1.54) is 32.3 Å². The lowest BCUT2D eigenvalue weighted by Gasteiger charge is -2.13. The normalized spacial score (nSPS) is 11.7. The second kappa shape index (κ2) is 11.0. The molecule has 0 bridgehead atoms. The van der Waals surface area contributed by atoms with Gasteiger partial charge in [-0.1, -0.05) is 140 Å². The van der Waals surface area contributed by atoms with Crippen LogP contribution in [-0.4, -0.2) is 15.0 Å². The summed E-state index contributed by atoms with van der Waals surface area (Å²) in [7, 11) is 0. The number of fused-ring (bicyclic) bond motifs is 9. The van der Waals surface area contributed by atoms with Crippen LogP contribution in [0.1, 0.15) is 0 Å². The zero-order chi connectivity index (χ0) is 32.3. The predicted molar refractivity (Wildman–Crippen MR) is 201 cm³/mol. The van der Waals surface area contributed by atoms with Crippen LogP contribution in [0.3, 0.4) is 0 Å². The molecule has 2 heterocycles. The van der Waals surface area contributed by atoms with Gasteiger partial charge in [-0.05, 0) is 62.1 Å². The van der Waals surface area contributed by atoms with Gasteiger partial charge in [0.15, 0.2) is 17.5 Å². The summed E-state index contributed by atoms with van der Waals surface area (Å²) in [5, 5.41) is 9.50. The molecule has 0 radical (unpaired) electrons. The van der Waals surface area contributed by atoms with Crippen molar-refractivity contribution in [2.24, 2.45) is 0 Å². The van der Waals surface area contributed by atoms with Crippen molar-refractivity contribution >= 4 is 54.3 Å². The van der Waals surface area contributed by atoms with Crippen LogP contribution in [0.15, 0.2) is 168 Å². The van der Waals surface area contributed by atoms with Crippen LogP contribution in [0, 0.1) is 0 Å². The first-order valence-corrected chi connectivity index (χ1v) is 16.4. The van der Waals surface area contributed by atoms with Crippen LogP contribution in [0.2, 0.25) is 0 Å². The van der Waals surface area contributed by atoms with E-state index in [2.05, 4.69) is 91.0 Å². The van der Waals surface area contributed by atoms with E-state index >= 15 is 0 Å². The Morgan fingerprint density at radius 2 is 0.755 bits per heavy atom. The molecule has 2 aromatic heterocycles. The van der Waals surface area contributed by atoms with Crippen LogP contribution in [0.5, 0.6) is 0 Å². The average molecular weight is 626 g/mol. The first-order chi connectivity index (χ1) is 24.3. The Morgan fingerprint density at radius 1 is 0.306 bits per heavy atom. The first-order valence-electron chi connectivity index (χ1n) is 16.4. The molecule has 0 unspecified atom stereocenters.